The quantitative estimate of drug-likeness (QED) is 0.382. The van der Waals surface area contributed by atoms with Crippen LogP contribution in [-0.4, -0.2) is 46.9 Å². The fourth-order valence-electron chi connectivity index (χ4n) is 4.12. The van der Waals surface area contributed by atoms with Gasteiger partial charge < -0.3 is 26.0 Å². The molecule has 0 spiro atoms. The summed E-state index contributed by atoms with van der Waals surface area (Å²) in [6.07, 6.45) is -0.406. The first-order valence-corrected chi connectivity index (χ1v) is 13.3. The molecule has 9 nitrogen and oxygen atoms in total. The standard InChI is InChI=1S/C30H42N4O5/c1-8-17-34(28(37)24(15-16-25(31)35)33-29(38)39-30(5,6)7)26(22-14-13-19(2)21(4)18-22)27(36)32-23-12-10-9-11-20(23)3/h9-14,18,24,26H,8,15-17H2,1-7H3,(H2,31,35)(H,32,36)(H,33,38). The minimum absolute atomic E-state index is 0.0350. The van der Waals surface area contributed by atoms with Crippen LogP contribution in [0.5, 0.6) is 0 Å². The van der Waals surface area contributed by atoms with Gasteiger partial charge in [-0.05, 0) is 82.7 Å². The minimum Gasteiger partial charge on any atom is -0.444 e. The summed E-state index contributed by atoms with van der Waals surface area (Å²) in [4.78, 5) is 53.6. The lowest BCUT2D eigenvalue weighted by molar-refractivity contribution is -0.141. The molecule has 0 heterocycles. The first-order valence-electron chi connectivity index (χ1n) is 13.3. The lowest BCUT2D eigenvalue weighted by Crippen LogP contribution is -2.52. The fourth-order valence-corrected chi connectivity index (χ4v) is 4.12. The zero-order valence-electron chi connectivity index (χ0n) is 24.1. The maximum Gasteiger partial charge on any atom is 0.408 e. The van der Waals surface area contributed by atoms with Gasteiger partial charge in [-0.3, -0.25) is 14.4 Å². The highest BCUT2D eigenvalue weighted by atomic mass is 16.6. The molecule has 0 saturated heterocycles. The van der Waals surface area contributed by atoms with E-state index in [0.717, 1.165) is 16.7 Å². The number of rotatable bonds is 11. The molecule has 0 fully saturated rings. The zero-order chi connectivity index (χ0) is 29.3. The topological polar surface area (TPSA) is 131 Å². The highest BCUT2D eigenvalue weighted by Gasteiger charge is 2.36. The zero-order valence-corrected chi connectivity index (χ0v) is 24.1. The molecule has 0 aliphatic rings. The molecule has 4 amide bonds. The molecule has 0 aliphatic carbocycles. The van der Waals surface area contributed by atoms with Crippen LogP contribution in [0.3, 0.4) is 0 Å². The Morgan fingerprint density at radius 1 is 0.974 bits per heavy atom. The summed E-state index contributed by atoms with van der Waals surface area (Å²) in [5.41, 5.74) is 8.75. The molecule has 0 bridgehead atoms. The van der Waals surface area contributed by atoms with Crippen molar-refractivity contribution in [2.24, 2.45) is 5.73 Å². The van der Waals surface area contributed by atoms with E-state index >= 15 is 0 Å². The Hall–Kier alpha value is -3.88. The van der Waals surface area contributed by atoms with Gasteiger partial charge in [-0.1, -0.05) is 43.3 Å². The number of carbonyl (C=O) groups excluding carboxylic acids is 4. The van der Waals surface area contributed by atoms with E-state index in [4.69, 9.17) is 10.5 Å². The predicted molar refractivity (Wildman–Crippen MR) is 152 cm³/mol. The van der Waals surface area contributed by atoms with Gasteiger partial charge in [-0.15, -0.1) is 0 Å². The maximum atomic E-state index is 14.1. The van der Waals surface area contributed by atoms with Crippen LogP contribution >= 0.6 is 0 Å². The van der Waals surface area contributed by atoms with E-state index in [-0.39, 0.29) is 25.3 Å². The predicted octanol–water partition coefficient (Wildman–Crippen LogP) is 4.69. The number of para-hydroxylation sites is 1. The summed E-state index contributed by atoms with van der Waals surface area (Å²) in [5, 5.41) is 5.58. The fraction of sp³-hybridized carbons (Fsp3) is 0.467. The van der Waals surface area contributed by atoms with Crippen molar-refractivity contribution in [3.63, 3.8) is 0 Å². The molecule has 2 aromatic carbocycles. The van der Waals surface area contributed by atoms with Crippen LogP contribution < -0.4 is 16.4 Å². The molecule has 212 valence electrons. The number of amides is 4. The molecule has 0 aromatic heterocycles. The average Bonchev–Trinajstić information content (AvgIpc) is 2.83. The number of nitrogens with zero attached hydrogens (tertiary/aromatic N) is 1. The summed E-state index contributed by atoms with van der Waals surface area (Å²) in [6, 6.07) is 10.9. The molecule has 2 atom stereocenters. The van der Waals surface area contributed by atoms with Crippen molar-refractivity contribution in [3.8, 4) is 0 Å². The summed E-state index contributed by atoms with van der Waals surface area (Å²) in [5.74, 6) is -1.50. The van der Waals surface area contributed by atoms with Gasteiger partial charge in [-0.25, -0.2) is 4.79 Å². The third kappa shape index (κ3) is 9.42. The summed E-state index contributed by atoms with van der Waals surface area (Å²) in [6.45, 7) is 13.1. The molecule has 0 radical (unpaired) electrons. The molecule has 2 unspecified atom stereocenters. The smallest absolute Gasteiger partial charge is 0.408 e. The van der Waals surface area contributed by atoms with Crippen LogP contribution in [0.2, 0.25) is 0 Å². The normalized spacial score (nSPS) is 12.7. The van der Waals surface area contributed by atoms with Crippen LogP contribution in [0, 0.1) is 20.8 Å². The first kappa shape index (κ1) is 31.3. The van der Waals surface area contributed by atoms with Crippen molar-refractivity contribution in [1.29, 1.82) is 0 Å². The molecule has 4 N–H and O–H groups in total. The highest BCUT2D eigenvalue weighted by molar-refractivity contribution is 5.99. The second-order valence-corrected chi connectivity index (χ2v) is 10.8. The SMILES string of the molecule is CCCN(C(=O)C(CCC(N)=O)NC(=O)OC(C)(C)C)C(C(=O)Nc1ccccc1C)c1ccc(C)c(C)c1. The lowest BCUT2D eigenvalue weighted by Gasteiger charge is -2.34. The molecular formula is C30H42N4O5. The van der Waals surface area contributed by atoms with E-state index in [0.29, 0.717) is 17.7 Å². The number of alkyl carbamates (subject to hydrolysis) is 1. The van der Waals surface area contributed by atoms with Gasteiger partial charge >= 0.3 is 6.09 Å². The van der Waals surface area contributed by atoms with E-state index in [1.54, 1.807) is 26.8 Å². The third-order valence-corrected chi connectivity index (χ3v) is 6.23. The van der Waals surface area contributed by atoms with Crippen LogP contribution in [0.4, 0.5) is 10.5 Å². The summed E-state index contributed by atoms with van der Waals surface area (Å²) < 4.78 is 5.36. The van der Waals surface area contributed by atoms with Crippen molar-refractivity contribution < 1.29 is 23.9 Å². The monoisotopic (exact) mass is 538 g/mol. The van der Waals surface area contributed by atoms with Crippen molar-refractivity contribution in [2.45, 2.75) is 85.4 Å². The van der Waals surface area contributed by atoms with Gasteiger partial charge in [-0.2, -0.15) is 0 Å². The number of anilines is 1. The molecule has 2 aromatic rings. The van der Waals surface area contributed by atoms with Crippen LogP contribution in [-0.2, 0) is 19.1 Å². The maximum absolute atomic E-state index is 14.1. The Morgan fingerprint density at radius 3 is 2.21 bits per heavy atom. The van der Waals surface area contributed by atoms with Gasteiger partial charge in [0.05, 0.1) is 0 Å². The number of hydrogen-bond acceptors (Lipinski definition) is 5. The molecule has 9 heteroatoms. The number of hydrogen-bond donors (Lipinski definition) is 3. The largest absolute Gasteiger partial charge is 0.444 e. The Morgan fingerprint density at radius 2 is 1.64 bits per heavy atom. The number of carbonyl (C=O) groups is 4. The van der Waals surface area contributed by atoms with Crippen LogP contribution in [0.15, 0.2) is 42.5 Å². The Labute approximate surface area is 231 Å². The highest BCUT2D eigenvalue weighted by Crippen LogP contribution is 2.27. The van der Waals surface area contributed by atoms with E-state index in [2.05, 4.69) is 10.6 Å². The van der Waals surface area contributed by atoms with Gasteiger partial charge in [0.15, 0.2) is 0 Å². The molecule has 39 heavy (non-hydrogen) atoms. The Balaban J connectivity index is 2.55. The number of nitrogens with one attached hydrogen (secondary N) is 2. The van der Waals surface area contributed by atoms with Crippen molar-refractivity contribution in [1.82, 2.24) is 10.2 Å². The van der Waals surface area contributed by atoms with Gasteiger partial charge in [0.25, 0.3) is 5.91 Å². The van der Waals surface area contributed by atoms with Crippen molar-refractivity contribution in [3.05, 3.63) is 64.7 Å². The lowest BCUT2D eigenvalue weighted by atomic mass is 9.97. The average molecular weight is 539 g/mol. The third-order valence-electron chi connectivity index (χ3n) is 6.23. The van der Waals surface area contributed by atoms with Gasteiger partial charge in [0.2, 0.25) is 11.8 Å². The number of aryl methyl sites for hydroxylation is 3. The minimum atomic E-state index is -1.13. The summed E-state index contributed by atoms with van der Waals surface area (Å²) in [7, 11) is 0. The number of primary amides is 1. The van der Waals surface area contributed by atoms with Gasteiger partial charge in [0, 0.05) is 18.7 Å². The summed E-state index contributed by atoms with van der Waals surface area (Å²) >= 11 is 0. The Kier molecular flexibility index (Phi) is 11.1. The molecular weight excluding hydrogens is 496 g/mol. The first-order chi connectivity index (χ1) is 18.2. The molecule has 2 rings (SSSR count). The van der Waals surface area contributed by atoms with Crippen molar-refractivity contribution in [2.75, 3.05) is 11.9 Å². The van der Waals surface area contributed by atoms with Crippen LogP contribution in [0.25, 0.3) is 0 Å². The van der Waals surface area contributed by atoms with Crippen LogP contribution in [0.1, 0.15) is 75.3 Å². The second kappa shape index (κ2) is 13.8. The van der Waals surface area contributed by atoms with Gasteiger partial charge in [0.1, 0.15) is 17.7 Å². The van der Waals surface area contributed by atoms with E-state index in [9.17, 15) is 19.2 Å². The van der Waals surface area contributed by atoms with Crippen molar-refractivity contribution >= 4 is 29.5 Å². The molecule has 0 saturated carbocycles. The van der Waals surface area contributed by atoms with E-state index < -0.39 is 35.6 Å². The second-order valence-electron chi connectivity index (χ2n) is 10.8. The molecule has 0 aliphatic heterocycles. The van der Waals surface area contributed by atoms with E-state index in [1.807, 2.05) is 64.1 Å². The Bertz CT molecular complexity index is 1190. The van der Waals surface area contributed by atoms with E-state index in [1.165, 1.54) is 4.90 Å². The number of benzene rings is 2. The number of ether oxygens (including phenoxy) is 1. The number of nitrogens with two attached hydrogens (primary N) is 1.